The van der Waals surface area contributed by atoms with Crippen LogP contribution in [0.3, 0.4) is 0 Å². The number of aliphatic hydroxyl groups is 1. The summed E-state index contributed by atoms with van der Waals surface area (Å²) < 4.78 is 31.6. The number of hydrogen-bond acceptors (Lipinski definition) is 3. The second-order valence-corrected chi connectivity index (χ2v) is 5.54. The molecule has 6 heteroatoms. The fraction of sp³-hybridized carbons (Fsp3) is 0.333. The standard InChI is InChI=1S/C15H16BrF2NO2/c16-12-3-1-11(2-4-12)14-6-5-13(21-14)9-19(7-8-20)10-15(17)18/h1-6,15,20H,7-10H2. The van der Waals surface area contributed by atoms with E-state index >= 15 is 0 Å². The van der Waals surface area contributed by atoms with E-state index < -0.39 is 6.43 Å². The second-order valence-electron chi connectivity index (χ2n) is 4.62. The molecule has 0 bridgehead atoms. The Labute approximate surface area is 130 Å². The summed E-state index contributed by atoms with van der Waals surface area (Å²) in [7, 11) is 0. The van der Waals surface area contributed by atoms with Crippen LogP contribution < -0.4 is 0 Å². The van der Waals surface area contributed by atoms with Gasteiger partial charge in [-0.2, -0.15) is 0 Å². The van der Waals surface area contributed by atoms with Crippen LogP contribution in [0.5, 0.6) is 0 Å². The van der Waals surface area contributed by atoms with Crippen molar-refractivity contribution in [2.24, 2.45) is 0 Å². The zero-order valence-corrected chi connectivity index (χ0v) is 12.9. The van der Waals surface area contributed by atoms with Gasteiger partial charge < -0.3 is 9.52 Å². The Bertz CT molecular complexity index is 557. The Morgan fingerprint density at radius 3 is 2.48 bits per heavy atom. The molecule has 0 amide bonds. The molecule has 114 valence electrons. The summed E-state index contributed by atoms with van der Waals surface area (Å²) in [5.41, 5.74) is 0.923. The lowest BCUT2D eigenvalue weighted by atomic mass is 10.2. The Hall–Kier alpha value is -1.24. The van der Waals surface area contributed by atoms with Gasteiger partial charge in [0.1, 0.15) is 11.5 Å². The lowest BCUT2D eigenvalue weighted by Gasteiger charge is -2.19. The largest absolute Gasteiger partial charge is 0.460 e. The molecule has 0 aliphatic rings. The fourth-order valence-electron chi connectivity index (χ4n) is 2.02. The van der Waals surface area contributed by atoms with Crippen molar-refractivity contribution in [3.8, 4) is 11.3 Å². The van der Waals surface area contributed by atoms with Gasteiger partial charge in [0.05, 0.1) is 19.7 Å². The lowest BCUT2D eigenvalue weighted by molar-refractivity contribution is 0.0713. The molecular formula is C15H16BrF2NO2. The minimum absolute atomic E-state index is 0.160. The maximum absolute atomic E-state index is 12.5. The molecule has 0 atom stereocenters. The van der Waals surface area contributed by atoms with E-state index in [4.69, 9.17) is 9.52 Å². The van der Waals surface area contributed by atoms with Crippen molar-refractivity contribution >= 4 is 15.9 Å². The van der Waals surface area contributed by atoms with Gasteiger partial charge in [0.25, 0.3) is 6.43 Å². The molecule has 0 aliphatic carbocycles. The highest BCUT2D eigenvalue weighted by molar-refractivity contribution is 9.10. The van der Waals surface area contributed by atoms with Crippen LogP contribution in [0.25, 0.3) is 11.3 Å². The van der Waals surface area contributed by atoms with E-state index in [1.54, 1.807) is 6.07 Å². The molecule has 1 aromatic carbocycles. The summed E-state index contributed by atoms with van der Waals surface area (Å²) in [6.45, 7) is -0.0953. The minimum Gasteiger partial charge on any atom is -0.460 e. The summed E-state index contributed by atoms with van der Waals surface area (Å²) >= 11 is 3.36. The van der Waals surface area contributed by atoms with E-state index in [0.29, 0.717) is 11.5 Å². The topological polar surface area (TPSA) is 36.6 Å². The SMILES string of the molecule is OCCN(Cc1ccc(-c2ccc(Br)cc2)o1)CC(F)F. The van der Waals surface area contributed by atoms with Crippen molar-refractivity contribution in [1.82, 2.24) is 4.90 Å². The van der Waals surface area contributed by atoms with Crippen molar-refractivity contribution in [3.05, 3.63) is 46.6 Å². The second kappa shape index (κ2) is 7.68. The Kier molecular flexibility index (Phi) is 5.90. The molecule has 2 aromatic rings. The average Bonchev–Trinajstić information content (AvgIpc) is 2.87. The Balaban J connectivity index is 2.06. The normalized spacial score (nSPS) is 11.5. The van der Waals surface area contributed by atoms with E-state index in [9.17, 15) is 8.78 Å². The fourth-order valence-corrected chi connectivity index (χ4v) is 2.29. The lowest BCUT2D eigenvalue weighted by Crippen LogP contribution is -2.31. The highest BCUT2D eigenvalue weighted by Crippen LogP contribution is 2.24. The number of halogens is 3. The van der Waals surface area contributed by atoms with Crippen LogP contribution in [0.1, 0.15) is 5.76 Å². The molecule has 0 aliphatic heterocycles. The summed E-state index contributed by atoms with van der Waals surface area (Å²) in [5, 5.41) is 8.92. The van der Waals surface area contributed by atoms with Gasteiger partial charge in [0.2, 0.25) is 0 Å². The van der Waals surface area contributed by atoms with Gasteiger partial charge in [-0.05, 0) is 24.3 Å². The number of hydrogen-bond donors (Lipinski definition) is 1. The first-order valence-electron chi connectivity index (χ1n) is 6.54. The van der Waals surface area contributed by atoms with Crippen LogP contribution in [0.2, 0.25) is 0 Å². The summed E-state index contributed by atoms with van der Waals surface area (Å²) in [6, 6.07) is 11.2. The molecule has 1 N–H and O–H groups in total. The quantitative estimate of drug-likeness (QED) is 0.817. The number of aliphatic hydroxyl groups excluding tert-OH is 1. The third-order valence-electron chi connectivity index (χ3n) is 2.98. The molecule has 1 heterocycles. The van der Waals surface area contributed by atoms with Gasteiger partial charge in [-0.3, -0.25) is 4.90 Å². The van der Waals surface area contributed by atoms with Crippen molar-refractivity contribution < 1.29 is 18.3 Å². The van der Waals surface area contributed by atoms with Crippen LogP contribution in [-0.4, -0.2) is 36.1 Å². The molecule has 0 radical (unpaired) electrons. The van der Waals surface area contributed by atoms with E-state index in [1.807, 2.05) is 30.3 Å². The van der Waals surface area contributed by atoms with Gasteiger partial charge in [-0.25, -0.2) is 8.78 Å². The number of rotatable bonds is 7. The maximum atomic E-state index is 12.5. The summed E-state index contributed by atoms with van der Waals surface area (Å²) in [4.78, 5) is 1.47. The number of furan rings is 1. The van der Waals surface area contributed by atoms with Crippen LogP contribution in [0.4, 0.5) is 8.78 Å². The zero-order valence-electron chi connectivity index (χ0n) is 11.3. The van der Waals surface area contributed by atoms with Gasteiger partial charge in [0, 0.05) is 16.6 Å². The molecule has 2 rings (SSSR count). The van der Waals surface area contributed by atoms with Crippen LogP contribution in [0, 0.1) is 0 Å². The summed E-state index contributed by atoms with van der Waals surface area (Å²) in [6.07, 6.45) is -2.43. The molecular weight excluding hydrogens is 344 g/mol. The predicted molar refractivity (Wildman–Crippen MR) is 80.2 cm³/mol. The first-order chi connectivity index (χ1) is 10.1. The van der Waals surface area contributed by atoms with E-state index in [-0.39, 0.29) is 26.2 Å². The average molecular weight is 360 g/mol. The number of alkyl halides is 2. The third-order valence-corrected chi connectivity index (χ3v) is 3.51. The Morgan fingerprint density at radius 1 is 1.14 bits per heavy atom. The monoisotopic (exact) mass is 359 g/mol. The molecule has 21 heavy (non-hydrogen) atoms. The Morgan fingerprint density at radius 2 is 1.86 bits per heavy atom. The third kappa shape index (κ3) is 4.91. The van der Waals surface area contributed by atoms with E-state index in [2.05, 4.69) is 15.9 Å². The highest BCUT2D eigenvalue weighted by Gasteiger charge is 2.14. The maximum Gasteiger partial charge on any atom is 0.251 e. The predicted octanol–water partition coefficient (Wildman–Crippen LogP) is 3.77. The van der Waals surface area contributed by atoms with Crippen LogP contribution >= 0.6 is 15.9 Å². The van der Waals surface area contributed by atoms with Gasteiger partial charge in [-0.1, -0.05) is 28.1 Å². The number of benzene rings is 1. The molecule has 0 fully saturated rings. The van der Waals surface area contributed by atoms with Crippen LogP contribution in [0.15, 0.2) is 45.3 Å². The smallest absolute Gasteiger partial charge is 0.251 e. The van der Waals surface area contributed by atoms with Crippen molar-refractivity contribution in [2.45, 2.75) is 13.0 Å². The highest BCUT2D eigenvalue weighted by atomic mass is 79.9. The number of nitrogens with zero attached hydrogens (tertiary/aromatic N) is 1. The first kappa shape index (κ1) is 16.1. The molecule has 3 nitrogen and oxygen atoms in total. The minimum atomic E-state index is -2.43. The van der Waals surface area contributed by atoms with Crippen molar-refractivity contribution in [3.63, 3.8) is 0 Å². The van der Waals surface area contributed by atoms with Gasteiger partial charge in [-0.15, -0.1) is 0 Å². The van der Waals surface area contributed by atoms with Crippen LogP contribution in [-0.2, 0) is 6.54 Å². The molecule has 0 saturated carbocycles. The first-order valence-corrected chi connectivity index (χ1v) is 7.34. The molecule has 0 spiro atoms. The van der Waals surface area contributed by atoms with E-state index in [1.165, 1.54) is 4.90 Å². The van der Waals surface area contributed by atoms with E-state index in [0.717, 1.165) is 10.0 Å². The zero-order chi connectivity index (χ0) is 15.2. The van der Waals surface area contributed by atoms with Gasteiger partial charge >= 0.3 is 0 Å². The van der Waals surface area contributed by atoms with Gasteiger partial charge in [0.15, 0.2) is 0 Å². The van der Waals surface area contributed by atoms with Crippen molar-refractivity contribution in [2.75, 3.05) is 19.7 Å². The van der Waals surface area contributed by atoms with Crippen molar-refractivity contribution in [1.29, 1.82) is 0 Å². The molecule has 1 aromatic heterocycles. The summed E-state index contributed by atoms with van der Waals surface area (Å²) in [5.74, 6) is 1.29. The molecule has 0 saturated heterocycles. The molecule has 0 unspecified atom stereocenters.